The Morgan fingerprint density at radius 1 is 1.27 bits per heavy atom. The molecule has 3 heterocycles. The molecule has 0 radical (unpaired) electrons. The molecule has 1 aromatic carbocycles. The first-order chi connectivity index (χ1) is 12.6. The van der Waals surface area contributed by atoms with E-state index in [4.69, 9.17) is 4.74 Å². The van der Waals surface area contributed by atoms with E-state index in [0.29, 0.717) is 17.5 Å². The molecule has 3 fully saturated rings. The van der Waals surface area contributed by atoms with Crippen molar-refractivity contribution in [3.8, 4) is 5.75 Å². The lowest BCUT2D eigenvalue weighted by molar-refractivity contribution is -0.118. The van der Waals surface area contributed by atoms with Crippen molar-refractivity contribution in [2.45, 2.75) is 69.9 Å². The number of fused-ring (bicyclic) bond motifs is 1. The first-order valence-corrected chi connectivity index (χ1v) is 10.3. The molecule has 140 valence electrons. The van der Waals surface area contributed by atoms with Crippen LogP contribution in [0.1, 0.15) is 57.9 Å². The van der Waals surface area contributed by atoms with Crippen molar-refractivity contribution in [1.82, 2.24) is 4.90 Å². The third-order valence-corrected chi connectivity index (χ3v) is 8.19. The van der Waals surface area contributed by atoms with Gasteiger partial charge in [0, 0.05) is 24.4 Å². The Morgan fingerprint density at radius 3 is 2.85 bits per heavy atom. The fourth-order valence-corrected chi connectivity index (χ4v) is 7.37. The second kappa shape index (κ2) is 5.48. The number of piperidine rings is 1. The number of anilines is 1. The highest BCUT2D eigenvalue weighted by Gasteiger charge is 2.68. The van der Waals surface area contributed by atoms with E-state index in [2.05, 4.69) is 28.9 Å². The van der Waals surface area contributed by atoms with Crippen LogP contribution < -0.4 is 9.64 Å². The predicted octanol–water partition coefficient (Wildman–Crippen LogP) is 3.73. The standard InChI is InChI=1S/C22H30N2O2/c1-4-21-10-6-13-23-14-12-22(20(21)23)16-7-5-8-17(26-3)19(16)24(15(2)25)18(22)9-11-21/h5,7-8,18,20H,4,6,9-14H2,1-3H3/t18-,20+,21-,22+/m1/s1. The Labute approximate surface area is 156 Å². The van der Waals surface area contributed by atoms with Gasteiger partial charge in [-0.05, 0) is 68.7 Å². The molecular weight excluding hydrogens is 324 g/mol. The number of rotatable bonds is 2. The molecule has 0 unspecified atom stereocenters. The lowest BCUT2D eigenvalue weighted by atomic mass is 9.52. The quantitative estimate of drug-likeness (QED) is 0.811. The van der Waals surface area contributed by atoms with Gasteiger partial charge in [0.25, 0.3) is 0 Å². The first-order valence-electron chi connectivity index (χ1n) is 10.3. The maximum Gasteiger partial charge on any atom is 0.224 e. The first kappa shape index (κ1) is 16.6. The van der Waals surface area contributed by atoms with Crippen LogP contribution in [0.5, 0.6) is 5.75 Å². The topological polar surface area (TPSA) is 32.8 Å². The summed E-state index contributed by atoms with van der Waals surface area (Å²) in [7, 11) is 1.73. The van der Waals surface area contributed by atoms with E-state index in [9.17, 15) is 4.79 Å². The normalized spacial score (nSPS) is 37.9. The third kappa shape index (κ3) is 1.77. The molecule has 1 aromatic rings. The summed E-state index contributed by atoms with van der Waals surface area (Å²) < 4.78 is 5.73. The van der Waals surface area contributed by atoms with E-state index < -0.39 is 0 Å². The van der Waals surface area contributed by atoms with Gasteiger partial charge in [0.05, 0.1) is 12.8 Å². The fourth-order valence-electron chi connectivity index (χ4n) is 7.37. The molecule has 4 heteroatoms. The summed E-state index contributed by atoms with van der Waals surface area (Å²) in [4.78, 5) is 17.6. The fraction of sp³-hybridized carbons (Fsp3) is 0.682. The minimum absolute atomic E-state index is 0.0875. The molecule has 3 aliphatic heterocycles. The molecular formula is C22H30N2O2. The zero-order valence-corrected chi connectivity index (χ0v) is 16.3. The van der Waals surface area contributed by atoms with Gasteiger partial charge in [0.2, 0.25) is 5.91 Å². The van der Waals surface area contributed by atoms with Crippen LogP contribution in [0.25, 0.3) is 0 Å². The number of nitrogens with zero attached hydrogens (tertiary/aromatic N) is 2. The Hall–Kier alpha value is -1.55. The summed E-state index contributed by atoms with van der Waals surface area (Å²) in [5.41, 5.74) is 2.94. The molecule has 4 nitrogen and oxygen atoms in total. The van der Waals surface area contributed by atoms with Crippen LogP contribution >= 0.6 is 0 Å². The van der Waals surface area contributed by atoms with Crippen molar-refractivity contribution in [2.75, 3.05) is 25.1 Å². The van der Waals surface area contributed by atoms with Gasteiger partial charge >= 0.3 is 0 Å². The van der Waals surface area contributed by atoms with E-state index in [1.165, 1.54) is 50.8 Å². The summed E-state index contributed by atoms with van der Waals surface area (Å²) in [6.45, 7) is 6.51. The van der Waals surface area contributed by atoms with Gasteiger partial charge in [-0.1, -0.05) is 19.1 Å². The molecule has 2 saturated heterocycles. The van der Waals surface area contributed by atoms with Crippen LogP contribution in [0.15, 0.2) is 18.2 Å². The predicted molar refractivity (Wildman–Crippen MR) is 103 cm³/mol. The van der Waals surface area contributed by atoms with Gasteiger partial charge in [-0.2, -0.15) is 0 Å². The summed E-state index contributed by atoms with van der Waals surface area (Å²) in [5.74, 6) is 1.02. The van der Waals surface area contributed by atoms with Crippen LogP contribution in [0.4, 0.5) is 5.69 Å². The van der Waals surface area contributed by atoms with Crippen molar-refractivity contribution in [3.05, 3.63) is 23.8 Å². The highest BCUT2D eigenvalue weighted by Crippen LogP contribution is 2.66. The maximum absolute atomic E-state index is 12.8. The van der Waals surface area contributed by atoms with Crippen molar-refractivity contribution in [2.24, 2.45) is 5.41 Å². The highest BCUT2D eigenvalue weighted by molar-refractivity contribution is 5.98. The number of carbonyl (C=O) groups is 1. The highest BCUT2D eigenvalue weighted by atomic mass is 16.5. The monoisotopic (exact) mass is 354 g/mol. The molecule has 26 heavy (non-hydrogen) atoms. The van der Waals surface area contributed by atoms with Crippen LogP contribution in [-0.2, 0) is 10.2 Å². The minimum Gasteiger partial charge on any atom is -0.495 e. The number of benzene rings is 1. The van der Waals surface area contributed by atoms with Crippen molar-refractivity contribution in [3.63, 3.8) is 0 Å². The Balaban J connectivity index is 1.77. The number of hydrogen-bond acceptors (Lipinski definition) is 3. The largest absolute Gasteiger partial charge is 0.495 e. The van der Waals surface area contributed by atoms with Gasteiger partial charge in [-0.15, -0.1) is 0 Å². The van der Waals surface area contributed by atoms with E-state index in [1.807, 2.05) is 6.07 Å². The van der Waals surface area contributed by atoms with Crippen molar-refractivity contribution in [1.29, 1.82) is 0 Å². The number of carbonyl (C=O) groups excluding carboxylic acids is 1. The van der Waals surface area contributed by atoms with Crippen LogP contribution in [-0.4, -0.2) is 43.1 Å². The van der Waals surface area contributed by atoms with E-state index in [0.717, 1.165) is 17.9 Å². The molecule has 1 saturated carbocycles. The van der Waals surface area contributed by atoms with Gasteiger partial charge in [0.1, 0.15) is 5.75 Å². The van der Waals surface area contributed by atoms with Gasteiger partial charge in [0.15, 0.2) is 0 Å². The second-order valence-corrected chi connectivity index (χ2v) is 8.85. The molecule has 1 aliphatic carbocycles. The number of ether oxygens (including phenoxy) is 1. The lowest BCUT2D eigenvalue weighted by Gasteiger charge is -2.58. The Morgan fingerprint density at radius 2 is 2.12 bits per heavy atom. The van der Waals surface area contributed by atoms with Crippen molar-refractivity contribution >= 4 is 11.6 Å². The molecule has 4 aliphatic rings. The number of amides is 1. The smallest absolute Gasteiger partial charge is 0.224 e. The summed E-state index contributed by atoms with van der Waals surface area (Å²) in [6, 6.07) is 7.30. The van der Waals surface area contributed by atoms with Gasteiger partial charge in [-0.25, -0.2) is 0 Å². The number of methoxy groups -OCH3 is 1. The SMILES string of the molecule is CC[C@@]12CCCN3CC[C@@]4(c5cccc(OC)c5N(C(C)=O)[C@@H]4CC1)[C@@H]32. The van der Waals surface area contributed by atoms with E-state index in [1.54, 1.807) is 14.0 Å². The average Bonchev–Trinajstić information content (AvgIpc) is 3.19. The summed E-state index contributed by atoms with van der Waals surface area (Å²) in [6.07, 6.45) is 7.47. The zero-order chi connectivity index (χ0) is 18.1. The van der Waals surface area contributed by atoms with E-state index >= 15 is 0 Å². The van der Waals surface area contributed by atoms with E-state index in [-0.39, 0.29) is 11.3 Å². The molecule has 0 aromatic heterocycles. The molecule has 0 bridgehead atoms. The molecule has 4 atom stereocenters. The third-order valence-electron chi connectivity index (χ3n) is 8.19. The maximum atomic E-state index is 12.8. The van der Waals surface area contributed by atoms with Gasteiger partial charge in [-0.3, -0.25) is 9.69 Å². The van der Waals surface area contributed by atoms with Crippen LogP contribution in [0, 0.1) is 5.41 Å². The summed E-state index contributed by atoms with van der Waals surface area (Å²) in [5, 5.41) is 0. The Kier molecular flexibility index (Phi) is 3.50. The van der Waals surface area contributed by atoms with Crippen LogP contribution in [0.3, 0.4) is 0 Å². The van der Waals surface area contributed by atoms with Crippen LogP contribution in [0.2, 0.25) is 0 Å². The van der Waals surface area contributed by atoms with Gasteiger partial charge < -0.3 is 9.64 Å². The Bertz CT molecular complexity index is 763. The summed E-state index contributed by atoms with van der Waals surface area (Å²) >= 11 is 0. The zero-order valence-electron chi connectivity index (χ0n) is 16.3. The average molecular weight is 354 g/mol. The molecule has 0 N–H and O–H groups in total. The lowest BCUT2D eigenvalue weighted by Crippen LogP contribution is -2.65. The minimum atomic E-state index is 0.0875. The molecule has 1 spiro atoms. The van der Waals surface area contributed by atoms with Crippen molar-refractivity contribution < 1.29 is 9.53 Å². The molecule has 5 rings (SSSR count). The molecule has 1 amide bonds. The number of hydrogen-bond donors (Lipinski definition) is 0. The second-order valence-electron chi connectivity index (χ2n) is 8.85. The number of para-hydroxylation sites is 1.